The number of thiophene rings is 1. The van der Waals surface area contributed by atoms with Crippen LogP contribution >= 0.6 is 11.3 Å². The van der Waals surface area contributed by atoms with Crippen LogP contribution in [0.5, 0.6) is 0 Å². The molecule has 0 aliphatic carbocycles. The molecule has 0 saturated heterocycles. The Kier molecular flexibility index (Phi) is 6.62. The number of amides is 2. The summed E-state index contributed by atoms with van der Waals surface area (Å²) in [6.45, 7) is 2.27. The first-order valence-electron chi connectivity index (χ1n) is 7.83. The van der Waals surface area contributed by atoms with Crippen LogP contribution in [0.15, 0.2) is 47.8 Å². The lowest BCUT2D eigenvalue weighted by atomic mass is 10.0. The smallest absolute Gasteiger partial charge is 0.317 e. The van der Waals surface area contributed by atoms with Crippen molar-refractivity contribution in [2.24, 2.45) is 0 Å². The Morgan fingerprint density at radius 2 is 2.00 bits per heavy atom. The number of carbonyl (C=O) groups is 1. The zero-order valence-corrected chi connectivity index (χ0v) is 14.4. The van der Waals surface area contributed by atoms with Gasteiger partial charge in [0.05, 0.1) is 12.1 Å². The van der Waals surface area contributed by atoms with Crippen LogP contribution < -0.4 is 5.32 Å². The monoisotopic (exact) mass is 332 g/mol. The fourth-order valence-corrected chi connectivity index (χ4v) is 3.08. The largest absolute Gasteiger partial charge is 0.393 e. The third kappa shape index (κ3) is 5.69. The SMILES string of the molecule is CC(O)CCN(C)C(=O)NC(Cc1ccccc1)c1cccs1. The average Bonchev–Trinajstić information content (AvgIpc) is 3.07. The minimum absolute atomic E-state index is 0.0427. The summed E-state index contributed by atoms with van der Waals surface area (Å²) in [7, 11) is 1.76. The van der Waals surface area contributed by atoms with Gasteiger partial charge >= 0.3 is 6.03 Å². The Bertz CT molecular complexity index is 584. The first kappa shape index (κ1) is 17.5. The predicted octanol–water partition coefficient (Wildman–Crippen LogP) is 3.44. The van der Waals surface area contributed by atoms with Gasteiger partial charge in [-0.3, -0.25) is 0 Å². The number of hydrogen-bond donors (Lipinski definition) is 2. The lowest BCUT2D eigenvalue weighted by Crippen LogP contribution is -2.40. The first-order chi connectivity index (χ1) is 11.1. The number of carbonyl (C=O) groups excluding carboxylic acids is 1. The summed E-state index contributed by atoms with van der Waals surface area (Å²) in [4.78, 5) is 15.2. The molecule has 0 spiro atoms. The molecule has 2 N–H and O–H groups in total. The third-order valence-electron chi connectivity index (χ3n) is 3.70. The molecule has 1 aromatic heterocycles. The molecule has 5 heteroatoms. The highest BCUT2D eigenvalue weighted by molar-refractivity contribution is 7.10. The van der Waals surface area contributed by atoms with E-state index in [0.717, 1.165) is 11.3 Å². The van der Waals surface area contributed by atoms with Crippen molar-refractivity contribution >= 4 is 17.4 Å². The molecular formula is C18H24N2O2S. The number of rotatable bonds is 7. The first-order valence-corrected chi connectivity index (χ1v) is 8.71. The maximum Gasteiger partial charge on any atom is 0.317 e. The molecule has 0 saturated carbocycles. The molecule has 4 nitrogen and oxygen atoms in total. The van der Waals surface area contributed by atoms with E-state index in [1.807, 2.05) is 35.7 Å². The van der Waals surface area contributed by atoms with Gasteiger partial charge in [-0.05, 0) is 36.8 Å². The van der Waals surface area contributed by atoms with Gasteiger partial charge in [0, 0.05) is 18.5 Å². The van der Waals surface area contributed by atoms with Crippen LogP contribution in [-0.4, -0.2) is 35.7 Å². The predicted molar refractivity (Wildman–Crippen MR) is 94.7 cm³/mol. The minimum Gasteiger partial charge on any atom is -0.393 e. The van der Waals surface area contributed by atoms with Crippen LogP contribution in [0.3, 0.4) is 0 Å². The van der Waals surface area contributed by atoms with E-state index in [2.05, 4.69) is 17.4 Å². The molecule has 23 heavy (non-hydrogen) atoms. The minimum atomic E-state index is -0.400. The summed E-state index contributed by atoms with van der Waals surface area (Å²) in [6, 6.07) is 14.1. The van der Waals surface area contributed by atoms with Gasteiger partial charge in [0.1, 0.15) is 0 Å². The van der Waals surface area contributed by atoms with Crippen molar-refractivity contribution in [2.75, 3.05) is 13.6 Å². The Hall–Kier alpha value is -1.85. The van der Waals surface area contributed by atoms with Crippen molar-refractivity contribution in [1.82, 2.24) is 10.2 Å². The number of hydrogen-bond acceptors (Lipinski definition) is 3. The summed E-state index contributed by atoms with van der Waals surface area (Å²) >= 11 is 1.65. The van der Waals surface area contributed by atoms with Gasteiger partial charge in [0.15, 0.2) is 0 Å². The molecule has 0 aliphatic rings. The van der Waals surface area contributed by atoms with Gasteiger partial charge in [-0.1, -0.05) is 36.4 Å². The Labute approximate surface area is 141 Å². The zero-order valence-electron chi connectivity index (χ0n) is 13.6. The second-order valence-electron chi connectivity index (χ2n) is 5.77. The van der Waals surface area contributed by atoms with Gasteiger partial charge < -0.3 is 15.3 Å². The van der Waals surface area contributed by atoms with Gasteiger partial charge in [0.2, 0.25) is 0 Å². The van der Waals surface area contributed by atoms with Crippen LogP contribution in [0.25, 0.3) is 0 Å². The van der Waals surface area contributed by atoms with E-state index in [-0.39, 0.29) is 12.1 Å². The van der Waals surface area contributed by atoms with E-state index in [1.165, 1.54) is 5.56 Å². The number of benzene rings is 1. The quantitative estimate of drug-likeness (QED) is 0.816. The second kappa shape index (κ2) is 8.70. The molecule has 2 atom stereocenters. The summed E-state index contributed by atoms with van der Waals surface area (Å²) in [5.41, 5.74) is 1.19. The number of aliphatic hydroxyl groups is 1. The number of aliphatic hydroxyl groups excluding tert-OH is 1. The van der Waals surface area contributed by atoms with Crippen LogP contribution in [0.4, 0.5) is 4.79 Å². The fraction of sp³-hybridized carbons (Fsp3) is 0.389. The van der Waals surface area contributed by atoms with E-state index in [9.17, 15) is 9.90 Å². The van der Waals surface area contributed by atoms with Crippen molar-refractivity contribution in [1.29, 1.82) is 0 Å². The standard InChI is InChI=1S/C18H24N2O2S/c1-14(21)10-11-20(2)18(22)19-16(17-9-6-12-23-17)13-15-7-4-3-5-8-15/h3-9,12,14,16,21H,10-11,13H2,1-2H3,(H,19,22). The van der Waals surface area contributed by atoms with E-state index < -0.39 is 6.10 Å². The van der Waals surface area contributed by atoms with E-state index in [4.69, 9.17) is 0 Å². The lowest BCUT2D eigenvalue weighted by Gasteiger charge is -2.23. The lowest BCUT2D eigenvalue weighted by molar-refractivity contribution is 0.162. The average molecular weight is 332 g/mol. The highest BCUT2D eigenvalue weighted by Crippen LogP contribution is 2.23. The Morgan fingerprint density at radius 1 is 1.26 bits per heavy atom. The van der Waals surface area contributed by atoms with Gasteiger partial charge in [-0.25, -0.2) is 4.79 Å². The van der Waals surface area contributed by atoms with Crippen LogP contribution in [0, 0.1) is 0 Å². The van der Waals surface area contributed by atoms with Crippen LogP contribution in [0.2, 0.25) is 0 Å². The van der Waals surface area contributed by atoms with Gasteiger partial charge in [-0.2, -0.15) is 0 Å². The molecule has 124 valence electrons. The van der Waals surface area contributed by atoms with E-state index in [0.29, 0.717) is 13.0 Å². The molecule has 2 unspecified atom stereocenters. The molecule has 2 amide bonds. The molecule has 0 fully saturated rings. The summed E-state index contributed by atoms with van der Waals surface area (Å²) < 4.78 is 0. The molecule has 0 radical (unpaired) electrons. The maximum absolute atomic E-state index is 12.4. The summed E-state index contributed by atoms with van der Waals surface area (Å²) in [5, 5.41) is 14.5. The number of urea groups is 1. The van der Waals surface area contributed by atoms with E-state index >= 15 is 0 Å². The van der Waals surface area contributed by atoms with Crippen LogP contribution in [0.1, 0.15) is 29.8 Å². The molecule has 0 bridgehead atoms. The van der Waals surface area contributed by atoms with Crippen molar-refractivity contribution < 1.29 is 9.90 Å². The fourth-order valence-electron chi connectivity index (χ4n) is 2.30. The van der Waals surface area contributed by atoms with Crippen LogP contribution in [-0.2, 0) is 6.42 Å². The number of nitrogens with zero attached hydrogens (tertiary/aromatic N) is 1. The maximum atomic E-state index is 12.4. The normalized spacial score (nSPS) is 13.3. The molecule has 2 rings (SSSR count). The molecule has 0 aliphatic heterocycles. The summed E-state index contributed by atoms with van der Waals surface area (Å²) in [5.74, 6) is 0. The van der Waals surface area contributed by atoms with Crippen molar-refractivity contribution in [3.63, 3.8) is 0 Å². The van der Waals surface area contributed by atoms with Gasteiger partial charge in [0.25, 0.3) is 0 Å². The highest BCUT2D eigenvalue weighted by atomic mass is 32.1. The Balaban J connectivity index is 2.02. The Morgan fingerprint density at radius 3 is 2.61 bits per heavy atom. The number of nitrogens with one attached hydrogen (secondary N) is 1. The molecule has 1 aromatic carbocycles. The summed E-state index contributed by atoms with van der Waals surface area (Å²) in [6.07, 6.45) is 0.937. The highest BCUT2D eigenvalue weighted by Gasteiger charge is 2.18. The second-order valence-corrected chi connectivity index (χ2v) is 6.75. The van der Waals surface area contributed by atoms with E-state index in [1.54, 1.807) is 30.2 Å². The van der Waals surface area contributed by atoms with Crippen molar-refractivity contribution in [3.8, 4) is 0 Å². The molecule has 2 aromatic rings. The topological polar surface area (TPSA) is 52.6 Å². The van der Waals surface area contributed by atoms with Gasteiger partial charge in [-0.15, -0.1) is 11.3 Å². The zero-order chi connectivity index (χ0) is 16.7. The van der Waals surface area contributed by atoms with Crippen molar-refractivity contribution in [2.45, 2.75) is 31.9 Å². The molecule has 1 heterocycles. The molecular weight excluding hydrogens is 308 g/mol. The third-order valence-corrected chi connectivity index (χ3v) is 4.68. The van der Waals surface area contributed by atoms with Crippen molar-refractivity contribution in [3.05, 3.63) is 58.3 Å².